The molecule has 0 amide bonds. The number of hydrogen-bond donors (Lipinski definition) is 0. The Morgan fingerprint density at radius 3 is 3.07 bits per heavy atom. The molecule has 0 saturated carbocycles. The maximum absolute atomic E-state index is 10.8. The van der Waals surface area contributed by atoms with Crippen LogP contribution in [0.3, 0.4) is 0 Å². The molecule has 0 radical (unpaired) electrons. The van der Waals surface area contributed by atoms with Crippen molar-refractivity contribution in [3.05, 3.63) is 0 Å². The van der Waals surface area contributed by atoms with Crippen molar-refractivity contribution in [2.75, 3.05) is 32.6 Å². The highest BCUT2D eigenvalue weighted by molar-refractivity contribution is 14.1. The zero-order valence-electron chi connectivity index (χ0n) is 7.45. The molecule has 1 heterocycles. The lowest BCUT2D eigenvalue weighted by Gasteiger charge is -2.30. The second-order valence-electron chi connectivity index (χ2n) is 2.60. The summed E-state index contributed by atoms with van der Waals surface area (Å²) in [5, 5.41) is 0. The van der Waals surface area contributed by atoms with Gasteiger partial charge >= 0.3 is 6.16 Å². The molecule has 1 fully saturated rings. The third-order valence-corrected chi connectivity index (χ3v) is 2.95. The summed E-state index contributed by atoms with van der Waals surface area (Å²) in [7, 11) is 0. The lowest BCUT2D eigenvalue weighted by atomic mass is 10.5. The van der Waals surface area contributed by atoms with E-state index < -0.39 is 6.16 Å². The first kappa shape index (κ1) is 12.3. The maximum atomic E-state index is 10.8. The summed E-state index contributed by atoms with van der Waals surface area (Å²) in [6.45, 7) is 2.27. The molecular weight excluding hydrogens is 324 g/mol. The monoisotopic (exact) mass is 335 g/mol. The summed E-state index contributed by atoms with van der Waals surface area (Å²) >= 11 is 7.42. The van der Waals surface area contributed by atoms with Crippen LogP contribution in [0.25, 0.3) is 0 Å². The van der Waals surface area contributed by atoms with Gasteiger partial charge in [0.15, 0.2) is 6.07 Å². The number of alkyl halides is 2. The predicted octanol–water partition coefficient (Wildman–Crippen LogP) is 1.39. The Morgan fingerprint density at radius 1 is 1.64 bits per heavy atom. The second kappa shape index (κ2) is 6.65. The topological polar surface area (TPSA) is 48.0 Å². The maximum Gasteiger partial charge on any atom is 0.510 e. The Morgan fingerprint density at radius 2 is 2.43 bits per heavy atom. The number of carbonyl (C=O) groups is 1. The van der Waals surface area contributed by atoms with Crippen molar-refractivity contribution >= 4 is 40.3 Å². The quantitative estimate of drug-likeness (QED) is 0.338. The molecule has 0 bridgehead atoms. The highest BCUT2D eigenvalue weighted by Crippen LogP contribution is 2.12. The first-order chi connectivity index (χ1) is 6.74. The average molecular weight is 336 g/mol. The van der Waals surface area contributed by atoms with Gasteiger partial charge in [-0.15, -0.1) is 0 Å². The molecule has 1 rings (SSSR count). The van der Waals surface area contributed by atoms with Gasteiger partial charge in [-0.1, -0.05) is 34.2 Å². The van der Waals surface area contributed by atoms with E-state index >= 15 is 0 Å². The minimum Gasteiger partial charge on any atom is -0.418 e. The van der Waals surface area contributed by atoms with Crippen LogP contribution in [-0.2, 0) is 14.2 Å². The lowest BCUT2D eigenvalue weighted by Crippen LogP contribution is -2.43. The number of carbonyl (C=O) groups excluding carboxylic acids is 1. The summed E-state index contributed by atoms with van der Waals surface area (Å²) < 4.78 is 14.7. The largest absolute Gasteiger partial charge is 0.510 e. The number of ether oxygens (including phenoxy) is 3. The molecule has 1 aliphatic heterocycles. The van der Waals surface area contributed by atoms with Gasteiger partial charge in [0.1, 0.15) is 6.73 Å². The zero-order valence-corrected chi connectivity index (χ0v) is 10.4. The number of rotatable bonds is 3. The summed E-state index contributed by atoms with van der Waals surface area (Å²) in [6.07, 6.45) is -0.741. The molecule has 0 N–H and O–H groups in total. The Labute approximate surface area is 101 Å². The van der Waals surface area contributed by atoms with E-state index in [4.69, 9.17) is 21.1 Å². The first-order valence-electron chi connectivity index (χ1n) is 4.05. The van der Waals surface area contributed by atoms with E-state index in [0.717, 1.165) is 6.54 Å². The Kier molecular flexibility index (Phi) is 5.83. The standard InChI is InChI=1S/C7H11ClINO4/c8-4-13-7(11)14-5-10-1-2-12-3-6(10)9/h6H,1-5H2/t6-/m0/s1. The molecule has 0 aliphatic carbocycles. The van der Waals surface area contributed by atoms with Crippen molar-refractivity contribution in [2.45, 2.75) is 4.05 Å². The molecular formula is C7H11ClINO4. The fourth-order valence-electron chi connectivity index (χ4n) is 0.975. The molecule has 14 heavy (non-hydrogen) atoms. The van der Waals surface area contributed by atoms with Gasteiger partial charge < -0.3 is 14.2 Å². The van der Waals surface area contributed by atoms with Crippen molar-refractivity contribution in [2.24, 2.45) is 0 Å². The zero-order chi connectivity index (χ0) is 10.4. The van der Waals surface area contributed by atoms with Crippen LogP contribution in [0.15, 0.2) is 0 Å². The highest BCUT2D eigenvalue weighted by atomic mass is 127. The minimum atomic E-state index is -0.741. The summed E-state index contributed by atoms with van der Waals surface area (Å²) in [5.41, 5.74) is 0. The number of hydrogen-bond acceptors (Lipinski definition) is 5. The predicted molar refractivity (Wildman–Crippen MR) is 58.5 cm³/mol. The van der Waals surface area contributed by atoms with E-state index in [1.807, 2.05) is 4.90 Å². The van der Waals surface area contributed by atoms with Gasteiger partial charge in [-0.25, -0.2) is 4.79 Å². The van der Waals surface area contributed by atoms with Gasteiger partial charge in [-0.2, -0.15) is 0 Å². The van der Waals surface area contributed by atoms with Crippen LogP contribution in [0.4, 0.5) is 4.79 Å². The first-order valence-corrected chi connectivity index (χ1v) is 5.83. The molecule has 1 atom stereocenters. The summed E-state index contributed by atoms with van der Waals surface area (Å²) in [6, 6.07) is -0.185. The van der Waals surface area contributed by atoms with Gasteiger partial charge in [-0.05, 0) is 0 Å². The van der Waals surface area contributed by atoms with Gasteiger partial charge in [0.05, 0.1) is 17.3 Å². The van der Waals surface area contributed by atoms with E-state index in [-0.39, 0.29) is 16.8 Å². The van der Waals surface area contributed by atoms with Gasteiger partial charge in [-0.3, -0.25) is 4.90 Å². The third-order valence-electron chi connectivity index (χ3n) is 1.70. The normalized spacial score (nSPS) is 23.1. The van der Waals surface area contributed by atoms with Crippen molar-refractivity contribution in [3.63, 3.8) is 0 Å². The Bertz CT molecular complexity index is 195. The Balaban J connectivity index is 2.19. The third kappa shape index (κ3) is 4.16. The Hall–Kier alpha value is 0.210. The molecule has 1 aliphatic rings. The van der Waals surface area contributed by atoms with E-state index in [1.54, 1.807) is 0 Å². The van der Waals surface area contributed by atoms with E-state index in [1.165, 1.54) is 0 Å². The van der Waals surface area contributed by atoms with Crippen LogP contribution in [-0.4, -0.2) is 47.7 Å². The van der Waals surface area contributed by atoms with Crippen molar-refractivity contribution < 1.29 is 19.0 Å². The number of nitrogens with zero attached hydrogens (tertiary/aromatic N) is 1. The lowest BCUT2D eigenvalue weighted by molar-refractivity contribution is -0.0318. The molecule has 0 aromatic rings. The van der Waals surface area contributed by atoms with Gasteiger partial charge in [0.2, 0.25) is 0 Å². The summed E-state index contributed by atoms with van der Waals surface area (Å²) in [5.74, 6) is 0. The van der Waals surface area contributed by atoms with Gasteiger partial charge in [0, 0.05) is 6.54 Å². The van der Waals surface area contributed by atoms with Crippen LogP contribution in [0, 0.1) is 0 Å². The van der Waals surface area contributed by atoms with E-state index in [2.05, 4.69) is 27.3 Å². The summed E-state index contributed by atoms with van der Waals surface area (Å²) in [4.78, 5) is 12.8. The van der Waals surface area contributed by atoms with Crippen molar-refractivity contribution in [1.29, 1.82) is 0 Å². The SMILES string of the molecule is O=C(OCCl)OCN1CCOC[C@H]1I. The van der Waals surface area contributed by atoms with E-state index in [0.29, 0.717) is 13.2 Å². The molecule has 82 valence electrons. The van der Waals surface area contributed by atoms with Gasteiger partial charge in [0.25, 0.3) is 0 Å². The van der Waals surface area contributed by atoms with Crippen molar-refractivity contribution in [1.82, 2.24) is 4.90 Å². The second-order valence-corrected chi connectivity index (χ2v) is 4.25. The van der Waals surface area contributed by atoms with Crippen LogP contribution in [0.2, 0.25) is 0 Å². The molecule has 7 heteroatoms. The number of halogens is 2. The van der Waals surface area contributed by atoms with Crippen LogP contribution in [0.5, 0.6) is 0 Å². The fraction of sp³-hybridized carbons (Fsp3) is 0.857. The molecule has 0 aromatic heterocycles. The molecule has 0 spiro atoms. The molecule has 1 saturated heterocycles. The average Bonchev–Trinajstić information content (AvgIpc) is 2.17. The smallest absolute Gasteiger partial charge is 0.418 e. The molecule has 5 nitrogen and oxygen atoms in total. The van der Waals surface area contributed by atoms with Crippen LogP contribution >= 0.6 is 34.2 Å². The van der Waals surface area contributed by atoms with Crippen LogP contribution in [0.1, 0.15) is 0 Å². The van der Waals surface area contributed by atoms with Crippen molar-refractivity contribution in [3.8, 4) is 0 Å². The number of morpholine rings is 1. The highest BCUT2D eigenvalue weighted by Gasteiger charge is 2.21. The van der Waals surface area contributed by atoms with Crippen LogP contribution < -0.4 is 0 Å². The molecule has 0 aromatic carbocycles. The fourth-order valence-corrected chi connectivity index (χ4v) is 1.76. The van der Waals surface area contributed by atoms with E-state index in [9.17, 15) is 4.79 Å². The minimum absolute atomic E-state index is 0.185. The molecule has 0 unspecified atom stereocenters.